The van der Waals surface area contributed by atoms with Crippen molar-refractivity contribution in [3.05, 3.63) is 53.9 Å². The molecule has 2 heterocycles. The van der Waals surface area contributed by atoms with E-state index in [0.717, 1.165) is 18.4 Å². The summed E-state index contributed by atoms with van der Waals surface area (Å²) in [5.74, 6) is -0.306. The van der Waals surface area contributed by atoms with E-state index in [-0.39, 0.29) is 17.8 Å². The summed E-state index contributed by atoms with van der Waals surface area (Å²) in [7, 11) is 1.80. The molecule has 0 spiro atoms. The summed E-state index contributed by atoms with van der Waals surface area (Å²) < 4.78 is 15.1. The number of likely N-dealkylation sites (tertiary alicyclic amines) is 1. The van der Waals surface area contributed by atoms with Gasteiger partial charge in [-0.1, -0.05) is 12.1 Å². The minimum Gasteiger partial charge on any atom is -0.330 e. The fraction of sp³-hybridized carbons (Fsp3) is 0.333. The molecule has 5 heteroatoms. The van der Waals surface area contributed by atoms with Crippen LogP contribution in [0.1, 0.15) is 34.9 Å². The highest BCUT2D eigenvalue weighted by Crippen LogP contribution is 2.33. The first-order chi connectivity index (χ1) is 9.66. The van der Waals surface area contributed by atoms with Gasteiger partial charge in [0.25, 0.3) is 5.91 Å². The Bertz CT molecular complexity index is 638. The van der Waals surface area contributed by atoms with Gasteiger partial charge < -0.3 is 9.47 Å². The Morgan fingerprint density at radius 1 is 1.45 bits per heavy atom. The summed E-state index contributed by atoms with van der Waals surface area (Å²) in [6, 6.07) is 6.46. The third kappa shape index (κ3) is 2.19. The number of amides is 1. The van der Waals surface area contributed by atoms with Gasteiger partial charge in [-0.15, -0.1) is 0 Å². The molecule has 3 rings (SSSR count). The molecule has 0 radical (unpaired) electrons. The summed E-state index contributed by atoms with van der Waals surface area (Å²) in [5, 5.41) is 0. The van der Waals surface area contributed by atoms with Crippen molar-refractivity contribution in [1.82, 2.24) is 14.5 Å². The minimum atomic E-state index is -0.262. The first kappa shape index (κ1) is 12.8. The van der Waals surface area contributed by atoms with Gasteiger partial charge in [0.1, 0.15) is 11.5 Å². The van der Waals surface area contributed by atoms with Crippen molar-refractivity contribution >= 4 is 5.91 Å². The van der Waals surface area contributed by atoms with Gasteiger partial charge >= 0.3 is 0 Å². The molecule has 1 aromatic carbocycles. The number of aromatic nitrogens is 2. The van der Waals surface area contributed by atoms with E-state index in [0.29, 0.717) is 12.2 Å². The summed E-state index contributed by atoms with van der Waals surface area (Å²) in [4.78, 5) is 18.4. The quantitative estimate of drug-likeness (QED) is 0.843. The smallest absolute Gasteiger partial charge is 0.272 e. The zero-order valence-electron chi connectivity index (χ0n) is 11.3. The third-order valence-electron chi connectivity index (χ3n) is 3.78. The van der Waals surface area contributed by atoms with Crippen LogP contribution in [0.2, 0.25) is 0 Å². The first-order valence-electron chi connectivity index (χ1n) is 6.69. The lowest BCUT2D eigenvalue weighted by Crippen LogP contribution is -2.31. The van der Waals surface area contributed by atoms with E-state index in [1.54, 1.807) is 30.2 Å². The minimum absolute atomic E-state index is 0.0447. The lowest BCUT2D eigenvalue weighted by molar-refractivity contribution is 0.0725. The molecule has 1 aliphatic heterocycles. The van der Waals surface area contributed by atoms with Crippen LogP contribution in [-0.4, -0.2) is 26.9 Å². The predicted molar refractivity (Wildman–Crippen MR) is 72.6 cm³/mol. The maximum absolute atomic E-state index is 13.4. The highest BCUT2D eigenvalue weighted by molar-refractivity contribution is 5.92. The molecule has 1 aliphatic rings. The van der Waals surface area contributed by atoms with Crippen molar-refractivity contribution in [3.63, 3.8) is 0 Å². The molecule has 1 aromatic heterocycles. The SMILES string of the molecule is Cn1cncc1C(=O)N1CCCC1c1cccc(F)c1. The van der Waals surface area contributed by atoms with Crippen LogP contribution >= 0.6 is 0 Å². The van der Waals surface area contributed by atoms with Crippen LogP contribution < -0.4 is 0 Å². The predicted octanol–water partition coefficient (Wildman–Crippen LogP) is 2.54. The van der Waals surface area contributed by atoms with E-state index in [1.165, 1.54) is 12.1 Å². The van der Waals surface area contributed by atoms with Crippen LogP contribution in [-0.2, 0) is 7.05 Å². The lowest BCUT2D eigenvalue weighted by Gasteiger charge is -2.25. The summed E-state index contributed by atoms with van der Waals surface area (Å²) in [5.41, 5.74) is 1.42. The molecule has 1 amide bonds. The average molecular weight is 273 g/mol. The Hall–Kier alpha value is -2.17. The Labute approximate surface area is 116 Å². The zero-order valence-corrected chi connectivity index (χ0v) is 11.3. The van der Waals surface area contributed by atoms with E-state index in [4.69, 9.17) is 0 Å². The van der Waals surface area contributed by atoms with Crippen LogP contribution in [0.4, 0.5) is 4.39 Å². The Balaban J connectivity index is 1.90. The Morgan fingerprint density at radius 2 is 2.30 bits per heavy atom. The largest absolute Gasteiger partial charge is 0.330 e. The molecule has 0 aliphatic carbocycles. The Morgan fingerprint density at radius 3 is 3.00 bits per heavy atom. The molecular weight excluding hydrogens is 257 g/mol. The molecule has 2 aromatic rings. The second-order valence-electron chi connectivity index (χ2n) is 5.10. The molecule has 0 N–H and O–H groups in total. The van der Waals surface area contributed by atoms with Gasteiger partial charge in [0.05, 0.1) is 18.6 Å². The van der Waals surface area contributed by atoms with Crippen molar-refractivity contribution in [2.24, 2.45) is 7.05 Å². The topological polar surface area (TPSA) is 38.1 Å². The molecular formula is C15H16FN3O. The molecule has 4 nitrogen and oxygen atoms in total. The second-order valence-corrected chi connectivity index (χ2v) is 5.10. The second kappa shape index (κ2) is 5.07. The monoisotopic (exact) mass is 273 g/mol. The van der Waals surface area contributed by atoms with Crippen molar-refractivity contribution in [2.45, 2.75) is 18.9 Å². The number of hydrogen-bond acceptors (Lipinski definition) is 2. The first-order valence-corrected chi connectivity index (χ1v) is 6.69. The van der Waals surface area contributed by atoms with Gasteiger partial charge in [-0.25, -0.2) is 9.37 Å². The summed E-state index contributed by atoms with van der Waals surface area (Å²) >= 11 is 0. The van der Waals surface area contributed by atoms with Crippen molar-refractivity contribution < 1.29 is 9.18 Å². The van der Waals surface area contributed by atoms with E-state index >= 15 is 0 Å². The van der Waals surface area contributed by atoms with Gasteiger partial charge in [-0.2, -0.15) is 0 Å². The fourth-order valence-electron chi connectivity index (χ4n) is 2.78. The number of carbonyl (C=O) groups is 1. The Kier molecular flexibility index (Phi) is 3.26. The number of halogens is 1. The number of rotatable bonds is 2. The highest BCUT2D eigenvalue weighted by Gasteiger charge is 2.31. The molecule has 0 saturated carbocycles. The van der Waals surface area contributed by atoms with Crippen molar-refractivity contribution in [3.8, 4) is 0 Å². The molecule has 104 valence electrons. The fourth-order valence-corrected chi connectivity index (χ4v) is 2.78. The highest BCUT2D eigenvalue weighted by atomic mass is 19.1. The van der Waals surface area contributed by atoms with Crippen LogP contribution in [0.3, 0.4) is 0 Å². The van der Waals surface area contributed by atoms with Gasteiger partial charge in [0.15, 0.2) is 0 Å². The molecule has 1 atom stereocenters. The average Bonchev–Trinajstić information content (AvgIpc) is 3.06. The normalized spacial score (nSPS) is 18.5. The number of nitrogens with zero attached hydrogens (tertiary/aromatic N) is 3. The number of hydrogen-bond donors (Lipinski definition) is 0. The van der Waals surface area contributed by atoms with Gasteiger partial charge in [0.2, 0.25) is 0 Å². The number of carbonyl (C=O) groups excluding carboxylic acids is 1. The summed E-state index contributed by atoms with van der Waals surface area (Å²) in [6.45, 7) is 0.700. The maximum Gasteiger partial charge on any atom is 0.272 e. The van der Waals surface area contributed by atoms with Gasteiger partial charge in [-0.05, 0) is 30.5 Å². The van der Waals surface area contributed by atoms with Gasteiger partial charge in [0, 0.05) is 13.6 Å². The number of aryl methyl sites for hydroxylation is 1. The molecule has 1 unspecified atom stereocenters. The van der Waals surface area contributed by atoms with E-state index < -0.39 is 0 Å². The van der Waals surface area contributed by atoms with E-state index in [2.05, 4.69) is 4.98 Å². The standard InChI is InChI=1S/C15H16FN3O/c1-18-10-17-9-14(18)15(20)19-7-3-6-13(19)11-4-2-5-12(16)8-11/h2,4-5,8-10,13H,3,6-7H2,1H3. The zero-order chi connectivity index (χ0) is 14.1. The molecule has 20 heavy (non-hydrogen) atoms. The van der Waals surface area contributed by atoms with Crippen LogP contribution in [0.15, 0.2) is 36.8 Å². The molecule has 1 saturated heterocycles. The van der Waals surface area contributed by atoms with Crippen molar-refractivity contribution in [2.75, 3.05) is 6.54 Å². The number of benzene rings is 1. The van der Waals surface area contributed by atoms with Crippen LogP contribution in [0, 0.1) is 5.82 Å². The van der Waals surface area contributed by atoms with Crippen molar-refractivity contribution in [1.29, 1.82) is 0 Å². The maximum atomic E-state index is 13.4. The van der Waals surface area contributed by atoms with Crippen LogP contribution in [0.25, 0.3) is 0 Å². The lowest BCUT2D eigenvalue weighted by atomic mass is 10.0. The summed E-state index contributed by atoms with van der Waals surface area (Å²) in [6.07, 6.45) is 4.99. The van der Waals surface area contributed by atoms with Crippen LogP contribution in [0.5, 0.6) is 0 Å². The van der Waals surface area contributed by atoms with E-state index in [1.807, 2.05) is 11.0 Å². The third-order valence-corrected chi connectivity index (χ3v) is 3.78. The van der Waals surface area contributed by atoms with E-state index in [9.17, 15) is 9.18 Å². The van der Waals surface area contributed by atoms with Gasteiger partial charge in [-0.3, -0.25) is 4.79 Å². The number of imidazole rings is 1. The molecule has 0 bridgehead atoms. The molecule has 1 fully saturated rings.